The molecule has 0 bridgehead atoms. The van der Waals surface area contributed by atoms with E-state index < -0.39 is 0 Å². The predicted molar refractivity (Wildman–Crippen MR) is 54.6 cm³/mol. The first-order valence-electron chi connectivity index (χ1n) is 5.36. The van der Waals surface area contributed by atoms with Gasteiger partial charge in [-0.05, 0) is 32.7 Å². The highest BCUT2D eigenvalue weighted by molar-refractivity contribution is 4.83. The summed E-state index contributed by atoms with van der Waals surface area (Å²) in [6.45, 7) is 4.04. The molecule has 1 atom stereocenters. The summed E-state index contributed by atoms with van der Waals surface area (Å²) in [5.41, 5.74) is 5.53. The van der Waals surface area contributed by atoms with Gasteiger partial charge >= 0.3 is 0 Å². The maximum absolute atomic E-state index is 8.95. The normalized spacial score (nSPS) is 20.3. The third kappa shape index (κ3) is 2.93. The molecule has 0 saturated heterocycles. The molecule has 0 aromatic carbocycles. The van der Waals surface area contributed by atoms with Crippen LogP contribution in [-0.4, -0.2) is 41.8 Å². The van der Waals surface area contributed by atoms with Gasteiger partial charge in [0.1, 0.15) is 0 Å². The fraction of sp³-hybridized carbons (Fsp3) is 1.00. The highest BCUT2D eigenvalue weighted by Gasteiger charge is 2.27. The van der Waals surface area contributed by atoms with Gasteiger partial charge in [0.05, 0.1) is 6.61 Å². The lowest BCUT2D eigenvalue weighted by molar-refractivity contribution is 0.0641. The molecule has 3 nitrogen and oxygen atoms in total. The molecule has 0 radical (unpaired) electrons. The van der Waals surface area contributed by atoms with Crippen molar-refractivity contribution < 1.29 is 5.11 Å². The van der Waals surface area contributed by atoms with Gasteiger partial charge in [-0.3, -0.25) is 4.90 Å². The third-order valence-corrected chi connectivity index (χ3v) is 3.05. The summed E-state index contributed by atoms with van der Waals surface area (Å²) in [6, 6.07) is 1.25. The summed E-state index contributed by atoms with van der Waals surface area (Å²) in [7, 11) is 0. The molecule has 0 aromatic heterocycles. The van der Waals surface area contributed by atoms with Crippen LogP contribution in [0.2, 0.25) is 0 Å². The number of hydrogen-bond donors (Lipinski definition) is 2. The number of rotatable bonds is 6. The number of hydrogen-bond acceptors (Lipinski definition) is 3. The standard InChI is InChI=1S/C10H22N2O/c1-9(5-6-11)12(7-8-13)10-3-2-4-10/h9-10,13H,2-8,11H2,1H3. The van der Waals surface area contributed by atoms with Crippen molar-refractivity contribution in [1.82, 2.24) is 4.90 Å². The SMILES string of the molecule is CC(CCN)N(CCO)C1CCC1. The minimum Gasteiger partial charge on any atom is -0.395 e. The largest absolute Gasteiger partial charge is 0.395 e. The fourth-order valence-electron chi connectivity index (χ4n) is 2.00. The van der Waals surface area contributed by atoms with Crippen LogP contribution < -0.4 is 5.73 Å². The Kier molecular flexibility index (Phi) is 4.70. The number of aliphatic hydroxyl groups excluding tert-OH is 1. The smallest absolute Gasteiger partial charge is 0.0558 e. The van der Waals surface area contributed by atoms with E-state index in [0.717, 1.165) is 19.5 Å². The van der Waals surface area contributed by atoms with E-state index >= 15 is 0 Å². The average molecular weight is 186 g/mol. The second-order valence-corrected chi connectivity index (χ2v) is 3.97. The van der Waals surface area contributed by atoms with E-state index in [-0.39, 0.29) is 6.61 Å². The van der Waals surface area contributed by atoms with Crippen molar-refractivity contribution in [2.45, 2.75) is 44.7 Å². The molecular weight excluding hydrogens is 164 g/mol. The van der Waals surface area contributed by atoms with Crippen molar-refractivity contribution in [3.05, 3.63) is 0 Å². The fourth-order valence-corrected chi connectivity index (χ4v) is 2.00. The lowest BCUT2D eigenvalue weighted by Gasteiger charge is -2.41. The van der Waals surface area contributed by atoms with Crippen molar-refractivity contribution in [1.29, 1.82) is 0 Å². The molecule has 3 N–H and O–H groups in total. The average Bonchev–Trinajstić information content (AvgIpc) is 2.01. The third-order valence-electron chi connectivity index (χ3n) is 3.05. The quantitative estimate of drug-likeness (QED) is 0.637. The number of nitrogens with two attached hydrogens (primary N) is 1. The Bertz CT molecular complexity index is 137. The lowest BCUT2D eigenvalue weighted by atomic mass is 9.90. The molecule has 78 valence electrons. The van der Waals surface area contributed by atoms with Crippen LogP contribution in [0.1, 0.15) is 32.6 Å². The van der Waals surface area contributed by atoms with E-state index in [1.807, 2.05) is 0 Å². The molecule has 3 heteroatoms. The van der Waals surface area contributed by atoms with Crippen molar-refractivity contribution in [2.75, 3.05) is 19.7 Å². The molecule has 1 rings (SSSR count). The summed E-state index contributed by atoms with van der Waals surface area (Å²) in [4.78, 5) is 2.41. The molecule has 13 heavy (non-hydrogen) atoms. The molecule has 1 aliphatic rings. The maximum Gasteiger partial charge on any atom is 0.0558 e. The molecule has 1 fully saturated rings. The second kappa shape index (κ2) is 5.58. The lowest BCUT2D eigenvalue weighted by Crippen LogP contribution is -2.47. The van der Waals surface area contributed by atoms with Crippen LogP contribution in [0.25, 0.3) is 0 Å². The van der Waals surface area contributed by atoms with E-state index in [2.05, 4.69) is 11.8 Å². The van der Waals surface area contributed by atoms with Gasteiger partial charge in [0.2, 0.25) is 0 Å². The molecule has 1 saturated carbocycles. The van der Waals surface area contributed by atoms with Crippen molar-refractivity contribution >= 4 is 0 Å². The van der Waals surface area contributed by atoms with Crippen molar-refractivity contribution in [3.63, 3.8) is 0 Å². The minimum absolute atomic E-state index is 0.269. The highest BCUT2D eigenvalue weighted by atomic mass is 16.3. The first-order valence-corrected chi connectivity index (χ1v) is 5.36. The van der Waals surface area contributed by atoms with E-state index in [1.54, 1.807) is 0 Å². The Hall–Kier alpha value is -0.120. The van der Waals surface area contributed by atoms with Crippen LogP contribution in [-0.2, 0) is 0 Å². The summed E-state index contributed by atoms with van der Waals surface area (Å²) < 4.78 is 0. The van der Waals surface area contributed by atoms with Crippen LogP contribution >= 0.6 is 0 Å². The Morgan fingerprint density at radius 3 is 2.62 bits per heavy atom. The first-order chi connectivity index (χ1) is 6.29. The second-order valence-electron chi connectivity index (χ2n) is 3.97. The Balaban J connectivity index is 2.35. The summed E-state index contributed by atoms with van der Waals surface area (Å²) in [6.07, 6.45) is 4.99. The zero-order valence-electron chi connectivity index (χ0n) is 8.58. The maximum atomic E-state index is 8.95. The molecule has 0 heterocycles. The topological polar surface area (TPSA) is 49.5 Å². The van der Waals surface area contributed by atoms with Crippen LogP contribution in [0.15, 0.2) is 0 Å². The molecule has 0 amide bonds. The van der Waals surface area contributed by atoms with Gasteiger partial charge in [-0.15, -0.1) is 0 Å². The van der Waals surface area contributed by atoms with Gasteiger partial charge < -0.3 is 10.8 Å². The van der Waals surface area contributed by atoms with Crippen LogP contribution in [0.5, 0.6) is 0 Å². The van der Waals surface area contributed by atoms with Gasteiger partial charge in [-0.2, -0.15) is 0 Å². The summed E-state index contributed by atoms with van der Waals surface area (Å²) in [5.74, 6) is 0. The van der Waals surface area contributed by atoms with Gasteiger partial charge in [-0.1, -0.05) is 6.42 Å². The van der Waals surface area contributed by atoms with Gasteiger partial charge in [0.15, 0.2) is 0 Å². The zero-order chi connectivity index (χ0) is 9.68. The van der Waals surface area contributed by atoms with Crippen LogP contribution in [0.3, 0.4) is 0 Å². The van der Waals surface area contributed by atoms with E-state index in [4.69, 9.17) is 10.8 Å². The van der Waals surface area contributed by atoms with Gasteiger partial charge in [0, 0.05) is 18.6 Å². The van der Waals surface area contributed by atoms with Crippen molar-refractivity contribution in [2.24, 2.45) is 5.73 Å². The summed E-state index contributed by atoms with van der Waals surface area (Å²) >= 11 is 0. The molecule has 0 spiro atoms. The Morgan fingerprint density at radius 2 is 2.23 bits per heavy atom. The Morgan fingerprint density at radius 1 is 1.54 bits per heavy atom. The molecule has 0 aliphatic heterocycles. The Labute approximate surface area is 80.9 Å². The van der Waals surface area contributed by atoms with Gasteiger partial charge in [0.25, 0.3) is 0 Å². The molecule has 1 unspecified atom stereocenters. The van der Waals surface area contributed by atoms with Crippen LogP contribution in [0, 0.1) is 0 Å². The van der Waals surface area contributed by atoms with E-state index in [1.165, 1.54) is 19.3 Å². The number of aliphatic hydroxyl groups is 1. The van der Waals surface area contributed by atoms with Crippen molar-refractivity contribution in [3.8, 4) is 0 Å². The molecule has 1 aliphatic carbocycles. The van der Waals surface area contributed by atoms with Gasteiger partial charge in [-0.25, -0.2) is 0 Å². The summed E-state index contributed by atoms with van der Waals surface area (Å²) in [5, 5.41) is 8.95. The number of nitrogens with zero attached hydrogens (tertiary/aromatic N) is 1. The first kappa shape index (κ1) is 11.0. The zero-order valence-corrected chi connectivity index (χ0v) is 8.58. The molecular formula is C10H22N2O. The van der Waals surface area contributed by atoms with E-state index in [0.29, 0.717) is 12.1 Å². The van der Waals surface area contributed by atoms with E-state index in [9.17, 15) is 0 Å². The van der Waals surface area contributed by atoms with Crippen LogP contribution in [0.4, 0.5) is 0 Å². The predicted octanol–water partition coefficient (Wildman–Crippen LogP) is 0.570. The highest BCUT2D eigenvalue weighted by Crippen LogP contribution is 2.26. The minimum atomic E-state index is 0.269. The molecule has 0 aromatic rings. The monoisotopic (exact) mass is 186 g/mol.